The fourth-order valence-electron chi connectivity index (χ4n) is 2.63. The van der Waals surface area contributed by atoms with Crippen LogP contribution in [-0.2, 0) is 0 Å². The van der Waals surface area contributed by atoms with Crippen LogP contribution >= 0.6 is 0 Å². The third-order valence-electron chi connectivity index (χ3n) is 3.86. The molecule has 0 unspecified atom stereocenters. The summed E-state index contributed by atoms with van der Waals surface area (Å²) < 4.78 is 5.53. The Morgan fingerprint density at radius 3 is 2.76 bits per heavy atom. The first kappa shape index (κ1) is 15.6. The number of likely N-dealkylation sites (N-methyl/N-ethyl adjacent to an activating group) is 1. The van der Waals surface area contributed by atoms with Crippen molar-refractivity contribution in [1.82, 2.24) is 9.80 Å². The highest BCUT2D eigenvalue weighted by Crippen LogP contribution is 2.27. The van der Waals surface area contributed by atoms with Crippen molar-refractivity contribution < 1.29 is 9.53 Å². The van der Waals surface area contributed by atoms with Crippen molar-refractivity contribution >= 4 is 11.6 Å². The first-order chi connectivity index (χ1) is 10.1. The molecule has 0 saturated carbocycles. The standard InChI is InChI=1S/C16H25N3O2/c1-3-21-15-13(7-6-8-14(15)17)16(20)18(2)11-12-19-9-4-5-10-19/h6-8H,3-5,9-12,17H2,1-2H3. The lowest BCUT2D eigenvalue weighted by Crippen LogP contribution is -2.35. The molecule has 0 spiro atoms. The van der Waals surface area contributed by atoms with Gasteiger partial charge in [0.05, 0.1) is 17.9 Å². The Balaban J connectivity index is 2.02. The van der Waals surface area contributed by atoms with Gasteiger partial charge in [0.1, 0.15) is 0 Å². The second-order valence-electron chi connectivity index (χ2n) is 5.43. The average molecular weight is 291 g/mol. The quantitative estimate of drug-likeness (QED) is 0.812. The molecule has 0 aliphatic carbocycles. The molecule has 0 aromatic heterocycles. The van der Waals surface area contributed by atoms with Gasteiger partial charge in [0.15, 0.2) is 5.75 Å². The second-order valence-corrected chi connectivity index (χ2v) is 5.43. The van der Waals surface area contributed by atoms with Gasteiger partial charge in [0.2, 0.25) is 0 Å². The van der Waals surface area contributed by atoms with Gasteiger partial charge < -0.3 is 20.3 Å². The normalized spacial score (nSPS) is 15.1. The van der Waals surface area contributed by atoms with Crippen LogP contribution in [0, 0.1) is 0 Å². The topological polar surface area (TPSA) is 58.8 Å². The maximum atomic E-state index is 12.6. The molecule has 1 saturated heterocycles. The Bertz CT molecular complexity index is 484. The highest BCUT2D eigenvalue weighted by Gasteiger charge is 2.19. The van der Waals surface area contributed by atoms with Crippen LogP contribution in [-0.4, -0.2) is 55.5 Å². The number of carbonyl (C=O) groups excluding carboxylic acids is 1. The van der Waals surface area contributed by atoms with Crippen molar-refractivity contribution in [3.63, 3.8) is 0 Å². The van der Waals surface area contributed by atoms with Crippen molar-refractivity contribution in [3.8, 4) is 5.75 Å². The molecule has 1 aromatic carbocycles. The lowest BCUT2D eigenvalue weighted by atomic mass is 10.1. The van der Waals surface area contributed by atoms with E-state index in [0.717, 1.165) is 26.2 Å². The van der Waals surface area contributed by atoms with Gasteiger partial charge in [-0.2, -0.15) is 0 Å². The van der Waals surface area contributed by atoms with E-state index in [0.29, 0.717) is 23.6 Å². The largest absolute Gasteiger partial charge is 0.491 e. The summed E-state index contributed by atoms with van der Waals surface area (Å²) in [5.74, 6) is 0.461. The van der Waals surface area contributed by atoms with Crippen LogP contribution in [0.2, 0.25) is 0 Å². The molecule has 1 aliphatic rings. The Morgan fingerprint density at radius 2 is 2.10 bits per heavy atom. The van der Waals surface area contributed by atoms with Gasteiger partial charge in [-0.15, -0.1) is 0 Å². The second kappa shape index (κ2) is 7.31. The zero-order valence-electron chi connectivity index (χ0n) is 13.0. The van der Waals surface area contributed by atoms with E-state index >= 15 is 0 Å². The van der Waals surface area contributed by atoms with Gasteiger partial charge in [-0.25, -0.2) is 0 Å². The van der Waals surface area contributed by atoms with Gasteiger partial charge in [0.25, 0.3) is 5.91 Å². The molecule has 5 heteroatoms. The number of para-hydroxylation sites is 1. The molecule has 1 fully saturated rings. The predicted molar refractivity (Wildman–Crippen MR) is 84.7 cm³/mol. The van der Waals surface area contributed by atoms with Crippen LogP contribution in [0.15, 0.2) is 18.2 Å². The summed E-state index contributed by atoms with van der Waals surface area (Å²) in [6.45, 7) is 6.31. The first-order valence-electron chi connectivity index (χ1n) is 7.62. The van der Waals surface area contributed by atoms with Gasteiger partial charge in [-0.1, -0.05) is 6.07 Å². The summed E-state index contributed by atoms with van der Waals surface area (Å²) in [4.78, 5) is 16.7. The molecular formula is C16H25N3O2. The number of hydrogen-bond acceptors (Lipinski definition) is 4. The van der Waals surface area contributed by atoms with Crippen LogP contribution < -0.4 is 10.5 Å². The number of nitrogens with zero attached hydrogens (tertiary/aromatic N) is 2. The van der Waals surface area contributed by atoms with E-state index in [2.05, 4.69) is 4.90 Å². The minimum absolute atomic E-state index is 0.0371. The molecule has 1 aromatic rings. The summed E-state index contributed by atoms with van der Waals surface area (Å²) in [5, 5.41) is 0. The zero-order chi connectivity index (χ0) is 15.2. The Morgan fingerprint density at radius 1 is 1.38 bits per heavy atom. The molecule has 1 amide bonds. The highest BCUT2D eigenvalue weighted by molar-refractivity contribution is 5.98. The third-order valence-corrected chi connectivity index (χ3v) is 3.86. The Kier molecular flexibility index (Phi) is 5.44. The summed E-state index contributed by atoms with van der Waals surface area (Å²) in [6, 6.07) is 5.32. The molecule has 2 N–H and O–H groups in total. The molecule has 5 nitrogen and oxygen atoms in total. The smallest absolute Gasteiger partial charge is 0.257 e. The van der Waals surface area contributed by atoms with Crippen molar-refractivity contribution in [2.75, 3.05) is 45.6 Å². The molecule has 1 heterocycles. The fraction of sp³-hybridized carbons (Fsp3) is 0.562. The summed E-state index contributed by atoms with van der Waals surface area (Å²) >= 11 is 0. The SMILES string of the molecule is CCOc1c(N)cccc1C(=O)N(C)CCN1CCCC1. The molecule has 0 bridgehead atoms. The number of carbonyl (C=O) groups is 1. The molecule has 1 aliphatic heterocycles. The van der Waals surface area contributed by atoms with Crippen LogP contribution in [0.5, 0.6) is 5.75 Å². The summed E-state index contributed by atoms with van der Waals surface area (Å²) in [7, 11) is 1.83. The van der Waals surface area contributed by atoms with E-state index in [4.69, 9.17) is 10.5 Å². The van der Waals surface area contributed by atoms with Crippen LogP contribution in [0.25, 0.3) is 0 Å². The summed E-state index contributed by atoms with van der Waals surface area (Å²) in [5.41, 5.74) is 6.97. The number of benzene rings is 1. The number of ether oxygens (including phenoxy) is 1. The number of nitrogen functional groups attached to an aromatic ring is 1. The number of hydrogen-bond donors (Lipinski definition) is 1. The van der Waals surface area contributed by atoms with Crippen LogP contribution in [0.3, 0.4) is 0 Å². The van der Waals surface area contributed by atoms with E-state index in [9.17, 15) is 4.79 Å². The van der Waals surface area contributed by atoms with E-state index < -0.39 is 0 Å². The molecule has 116 valence electrons. The van der Waals surface area contributed by atoms with Gasteiger partial charge in [-0.3, -0.25) is 4.79 Å². The fourth-order valence-corrected chi connectivity index (χ4v) is 2.63. The predicted octanol–water partition coefficient (Wildman–Crippen LogP) is 1.84. The maximum absolute atomic E-state index is 12.6. The zero-order valence-corrected chi connectivity index (χ0v) is 13.0. The van der Waals surface area contributed by atoms with Crippen LogP contribution in [0.4, 0.5) is 5.69 Å². The van der Waals surface area contributed by atoms with E-state index in [-0.39, 0.29) is 5.91 Å². The maximum Gasteiger partial charge on any atom is 0.257 e. The lowest BCUT2D eigenvalue weighted by molar-refractivity contribution is 0.0778. The molecule has 21 heavy (non-hydrogen) atoms. The summed E-state index contributed by atoms with van der Waals surface area (Å²) in [6.07, 6.45) is 2.53. The molecule has 0 atom stereocenters. The van der Waals surface area contributed by atoms with Crippen molar-refractivity contribution in [1.29, 1.82) is 0 Å². The van der Waals surface area contributed by atoms with Crippen molar-refractivity contribution in [2.24, 2.45) is 0 Å². The average Bonchev–Trinajstić information content (AvgIpc) is 2.99. The molecule has 2 rings (SSSR count). The van der Waals surface area contributed by atoms with Crippen molar-refractivity contribution in [3.05, 3.63) is 23.8 Å². The minimum atomic E-state index is -0.0371. The van der Waals surface area contributed by atoms with Gasteiger partial charge >= 0.3 is 0 Å². The lowest BCUT2D eigenvalue weighted by Gasteiger charge is -2.22. The monoisotopic (exact) mass is 291 g/mol. The van der Waals surface area contributed by atoms with E-state index in [1.807, 2.05) is 14.0 Å². The number of likely N-dealkylation sites (tertiary alicyclic amines) is 1. The molecular weight excluding hydrogens is 266 g/mol. The highest BCUT2D eigenvalue weighted by atomic mass is 16.5. The number of nitrogens with two attached hydrogens (primary N) is 1. The van der Waals surface area contributed by atoms with E-state index in [1.54, 1.807) is 23.1 Å². The van der Waals surface area contributed by atoms with E-state index in [1.165, 1.54) is 12.8 Å². The Labute approximate surface area is 126 Å². The van der Waals surface area contributed by atoms with Crippen LogP contribution in [0.1, 0.15) is 30.1 Å². The number of amides is 1. The van der Waals surface area contributed by atoms with Crippen molar-refractivity contribution in [2.45, 2.75) is 19.8 Å². The van der Waals surface area contributed by atoms with Gasteiger partial charge in [-0.05, 0) is 45.0 Å². The number of rotatable bonds is 6. The Hall–Kier alpha value is -1.75. The first-order valence-corrected chi connectivity index (χ1v) is 7.62. The number of anilines is 1. The van der Waals surface area contributed by atoms with Gasteiger partial charge in [0, 0.05) is 20.1 Å². The molecule has 0 radical (unpaired) electrons. The minimum Gasteiger partial charge on any atom is -0.491 e. The third kappa shape index (κ3) is 3.88.